The molecule has 1 aliphatic heterocycles. The molecular weight excluding hydrogens is 348 g/mol. The molecule has 2 rings (SSSR count). The first-order valence-electron chi connectivity index (χ1n) is 7.13. The summed E-state index contributed by atoms with van der Waals surface area (Å²) in [5.41, 5.74) is -1.19. The number of esters is 2. The third-order valence-electron chi connectivity index (χ3n) is 2.97. The number of nitrogens with one attached hydrogen (secondary N) is 4. The van der Waals surface area contributed by atoms with Crippen molar-refractivity contribution in [3.63, 3.8) is 0 Å². The van der Waals surface area contributed by atoms with Gasteiger partial charge in [-0.3, -0.25) is 14.6 Å². The van der Waals surface area contributed by atoms with Crippen molar-refractivity contribution >= 4 is 17.8 Å². The Balaban J connectivity index is 1.79. The average Bonchev–Trinajstić information content (AvgIpc) is 2.58. The third-order valence-corrected chi connectivity index (χ3v) is 2.97. The number of carbonyl (C=O) groups excluding carboxylic acids is 3. The molecule has 4 N–H and O–H groups in total. The van der Waals surface area contributed by atoms with E-state index < -0.39 is 35.7 Å². The molecule has 0 radical (unpaired) electrons. The first kappa shape index (κ1) is 18.4. The molecule has 0 aliphatic carbocycles. The maximum absolute atomic E-state index is 11.5. The van der Waals surface area contributed by atoms with E-state index in [4.69, 9.17) is 9.47 Å². The van der Waals surface area contributed by atoms with Crippen LogP contribution in [0, 0.1) is 0 Å². The standard InChI is InChI=1S/C15H14N4O7/c1-8-16-4-9(13(22)18-8)6-25-11(20)2-3-12(21)26-7-10-5-17-15(24)19-14(10)23/h2-5,16H,1,6-7H2,(H,18,22)(H2,17,19,23,24)/b3-2+. The molecule has 2 heterocycles. The Kier molecular flexibility index (Phi) is 5.88. The quantitative estimate of drug-likeness (QED) is 0.343. The molecule has 26 heavy (non-hydrogen) atoms. The number of aromatic nitrogens is 2. The summed E-state index contributed by atoms with van der Waals surface area (Å²) < 4.78 is 9.56. The van der Waals surface area contributed by atoms with Crippen LogP contribution in [0.1, 0.15) is 5.56 Å². The number of ether oxygens (including phenoxy) is 2. The van der Waals surface area contributed by atoms with Gasteiger partial charge in [-0.05, 0) is 0 Å². The predicted octanol–water partition coefficient (Wildman–Crippen LogP) is -1.72. The first-order chi connectivity index (χ1) is 12.3. The van der Waals surface area contributed by atoms with Crippen LogP contribution < -0.4 is 21.9 Å². The molecule has 1 aliphatic rings. The van der Waals surface area contributed by atoms with Crippen molar-refractivity contribution < 1.29 is 23.9 Å². The summed E-state index contributed by atoms with van der Waals surface area (Å²) in [6, 6.07) is 0. The van der Waals surface area contributed by atoms with E-state index in [1.807, 2.05) is 4.98 Å². The molecule has 0 bridgehead atoms. The summed E-state index contributed by atoms with van der Waals surface area (Å²) in [6.45, 7) is 2.79. The Morgan fingerprint density at radius 1 is 1.08 bits per heavy atom. The lowest BCUT2D eigenvalue weighted by molar-refractivity contribution is -0.141. The lowest BCUT2D eigenvalue weighted by atomic mass is 10.2. The van der Waals surface area contributed by atoms with Crippen molar-refractivity contribution in [1.29, 1.82) is 0 Å². The van der Waals surface area contributed by atoms with Crippen LogP contribution in [0.15, 0.2) is 52.1 Å². The Morgan fingerprint density at radius 3 is 2.35 bits per heavy atom. The smallest absolute Gasteiger partial charge is 0.331 e. The number of carbonyl (C=O) groups is 3. The van der Waals surface area contributed by atoms with E-state index in [0.29, 0.717) is 5.82 Å². The number of aromatic amines is 2. The van der Waals surface area contributed by atoms with E-state index in [0.717, 1.165) is 18.3 Å². The van der Waals surface area contributed by atoms with Gasteiger partial charge in [0.2, 0.25) is 0 Å². The van der Waals surface area contributed by atoms with Gasteiger partial charge < -0.3 is 25.1 Å². The zero-order valence-corrected chi connectivity index (χ0v) is 13.3. The van der Waals surface area contributed by atoms with Crippen LogP contribution in [0.3, 0.4) is 0 Å². The molecule has 1 aromatic rings. The fourth-order valence-electron chi connectivity index (χ4n) is 1.68. The van der Waals surface area contributed by atoms with Crippen molar-refractivity contribution in [3.8, 4) is 0 Å². The second kappa shape index (κ2) is 8.28. The van der Waals surface area contributed by atoms with Crippen molar-refractivity contribution in [1.82, 2.24) is 20.6 Å². The highest BCUT2D eigenvalue weighted by molar-refractivity contribution is 5.96. The minimum atomic E-state index is -0.903. The average molecular weight is 362 g/mol. The van der Waals surface area contributed by atoms with Gasteiger partial charge in [0, 0.05) is 24.5 Å². The summed E-state index contributed by atoms with van der Waals surface area (Å²) in [7, 11) is 0. The molecule has 0 aromatic carbocycles. The maximum Gasteiger partial charge on any atom is 0.331 e. The highest BCUT2D eigenvalue weighted by Crippen LogP contribution is 2.02. The van der Waals surface area contributed by atoms with Gasteiger partial charge in [-0.15, -0.1) is 0 Å². The molecule has 0 fully saturated rings. The zero-order chi connectivity index (χ0) is 19.1. The second-order valence-corrected chi connectivity index (χ2v) is 4.89. The Bertz CT molecular complexity index is 922. The number of H-pyrrole nitrogens is 2. The molecule has 0 saturated carbocycles. The summed E-state index contributed by atoms with van der Waals surface area (Å²) >= 11 is 0. The van der Waals surface area contributed by atoms with E-state index in [9.17, 15) is 24.0 Å². The van der Waals surface area contributed by atoms with Gasteiger partial charge >= 0.3 is 17.6 Å². The van der Waals surface area contributed by atoms with Gasteiger partial charge in [0.1, 0.15) is 19.0 Å². The van der Waals surface area contributed by atoms with Crippen LogP contribution in [-0.4, -0.2) is 34.4 Å². The van der Waals surface area contributed by atoms with Crippen molar-refractivity contribution in [2.24, 2.45) is 0 Å². The van der Waals surface area contributed by atoms with Crippen molar-refractivity contribution in [2.75, 3.05) is 6.61 Å². The van der Waals surface area contributed by atoms with Crippen LogP contribution in [0.2, 0.25) is 0 Å². The van der Waals surface area contributed by atoms with E-state index in [1.165, 1.54) is 6.20 Å². The normalized spacial score (nSPS) is 13.6. The lowest BCUT2D eigenvalue weighted by Gasteiger charge is -2.16. The van der Waals surface area contributed by atoms with E-state index in [1.54, 1.807) is 0 Å². The van der Waals surface area contributed by atoms with Crippen LogP contribution in [-0.2, 0) is 30.5 Å². The zero-order valence-electron chi connectivity index (χ0n) is 13.3. The summed E-state index contributed by atoms with van der Waals surface area (Å²) in [6.07, 6.45) is 4.07. The predicted molar refractivity (Wildman–Crippen MR) is 86.1 cm³/mol. The topological polar surface area (TPSA) is 159 Å². The number of amides is 1. The van der Waals surface area contributed by atoms with Gasteiger partial charge in [-0.1, -0.05) is 6.58 Å². The highest BCUT2D eigenvalue weighted by atomic mass is 16.5. The minimum absolute atomic E-state index is 0.0262. The SMILES string of the molecule is C=C1NC=C(COC(=O)/C=C/C(=O)OCc2c[nH]c(=O)[nH]c2=O)C(=O)N1. The Labute approximate surface area is 145 Å². The third kappa shape index (κ3) is 5.33. The summed E-state index contributed by atoms with van der Waals surface area (Å²) in [4.78, 5) is 61.0. The van der Waals surface area contributed by atoms with E-state index >= 15 is 0 Å². The molecule has 0 saturated heterocycles. The molecule has 1 aromatic heterocycles. The lowest BCUT2D eigenvalue weighted by Crippen LogP contribution is -2.36. The van der Waals surface area contributed by atoms with Crippen LogP contribution in [0.25, 0.3) is 0 Å². The summed E-state index contributed by atoms with van der Waals surface area (Å²) in [5, 5.41) is 5.05. The fraction of sp³-hybridized carbons (Fsp3) is 0.133. The molecular formula is C15H14N4O7. The molecule has 11 heteroatoms. The molecule has 136 valence electrons. The van der Waals surface area contributed by atoms with Crippen LogP contribution in [0.5, 0.6) is 0 Å². The Morgan fingerprint density at radius 2 is 1.73 bits per heavy atom. The Hall–Kier alpha value is -3.89. The van der Waals surface area contributed by atoms with Crippen LogP contribution >= 0.6 is 0 Å². The van der Waals surface area contributed by atoms with Crippen LogP contribution in [0.4, 0.5) is 0 Å². The molecule has 0 unspecified atom stereocenters. The monoisotopic (exact) mass is 362 g/mol. The van der Waals surface area contributed by atoms with Gasteiger partial charge in [0.25, 0.3) is 11.5 Å². The number of hydrogen-bond donors (Lipinski definition) is 4. The highest BCUT2D eigenvalue weighted by Gasteiger charge is 2.16. The largest absolute Gasteiger partial charge is 0.457 e. The van der Waals surface area contributed by atoms with Gasteiger partial charge in [-0.25, -0.2) is 14.4 Å². The van der Waals surface area contributed by atoms with E-state index in [-0.39, 0.29) is 17.7 Å². The van der Waals surface area contributed by atoms with Gasteiger partial charge in [0.05, 0.1) is 11.1 Å². The number of rotatable bonds is 6. The van der Waals surface area contributed by atoms with Gasteiger partial charge in [-0.2, -0.15) is 0 Å². The molecule has 0 spiro atoms. The van der Waals surface area contributed by atoms with E-state index in [2.05, 4.69) is 22.2 Å². The first-order valence-corrected chi connectivity index (χ1v) is 7.13. The fourth-order valence-corrected chi connectivity index (χ4v) is 1.68. The van der Waals surface area contributed by atoms with Crippen molar-refractivity contribution in [2.45, 2.75) is 6.61 Å². The minimum Gasteiger partial charge on any atom is -0.457 e. The van der Waals surface area contributed by atoms with Gasteiger partial charge in [0.15, 0.2) is 0 Å². The molecule has 1 amide bonds. The number of hydrogen-bond acceptors (Lipinski definition) is 8. The van der Waals surface area contributed by atoms with Crippen molar-refractivity contribution in [3.05, 3.63) is 68.9 Å². The maximum atomic E-state index is 11.5. The molecule has 0 atom stereocenters. The summed E-state index contributed by atoms with van der Waals surface area (Å²) in [5.74, 6) is -1.94. The molecule has 11 nitrogen and oxygen atoms in total. The second-order valence-electron chi connectivity index (χ2n) is 4.89.